The summed E-state index contributed by atoms with van der Waals surface area (Å²) >= 11 is 0. The summed E-state index contributed by atoms with van der Waals surface area (Å²) in [6.45, 7) is 0.0370. The first kappa shape index (κ1) is 14.2. The summed E-state index contributed by atoms with van der Waals surface area (Å²) in [5.74, 6) is -0.354. The molecule has 1 aromatic carbocycles. The number of para-hydroxylation sites is 1. The molecule has 1 amide bonds. The largest absolute Gasteiger partial charge is 0.494 e. The number of carbonyl (C=O) groups is 2. The molecule has 1 saturated carbocycles. The second-order valence-electron chi connectivity index (χ2n) is 4.66. The van der Waals surface area contributed by atoms with Crippen LogP contribution in [0.4, 0.5) is 5.69 Å². The number of hydrogen-bond donors (Lipinski definition) is 2. The molecule has 1 aromatic rings. The first-order valence-corrected chi connectivity index (χ1v) is 6.50. The van der Waals surface area contributed by atoms with E-state index >= 15 is 0 Å². The van der Waals surface area contributed by atoms with Gasteiger partial charge in [-0.25, -0.2) is 4.79 Å². The molecule has 6 heteroatoms. The van der Waals surface area contributed by atoms with Crippen molar-refractivity contribution in [2.45, 2.75) is 25.3 Å². The lowest BCUT2D eigenvalue weighted by molar-refractivity contribution is -0.121. The first-order chi connectivity index (χ1) is 9.61. The Morgan fingerprint density at radius 2 is 2.15 bits per heavy atom. The zero-order chi connectivity index (χ0) is 14.5. The molecule has 108 valence electrons. The van der Waals surface area contributed by atoms with Gasteiger partial charge in [0.15, 0.2) is 5.75 Å². The van der Waals surface area contributed by atoms with E-state index in [4.69, 9.17) is 15.2 Å². The highest BCUT2D eigenvalue weighted by Gasteiger charge is 2.23. The minimum Gasteiger partial charge on any atom is -0.494 e. The molecule has 0 aromatic heterocycles. The van der Waals surface area contributed by atoms with Gasteiger partial charge in [0.05, 0.1) is 19.2 Å². The molecular weight excluding hydrogens is 260 g/mol. The number of carbonyl (C=O) groups excluding carboxylic acids is 2. The van der Waals surface area contributed by atoms with Gasteiger partial charge in [0.2, 0.25) is 5.91 Å². The molecule has 20 heavy (non-hydrogen) atoms. The molecule has 1 fully saturated rings. The summed E-state index contributed by atoms with van der Waals surface area (Å²) in [4.78, 5) is 23.3. The van der Waals surface area contributed by atoms with Crippen LogP contribution in [0.25, 0.3) is 0 Å². The number of methoxy groups -OCH3 is 1. The average molecular weight is 278 g/mol. The van der Waals surface area contributed by atoms with Crippen LogP contribution >= 0.6 is 0 Å². The normalized spacial score (nSPS) is 13.7. The molecule has 0 radical (unpaired) electrons. The summed E-state index contributed by atoms with van der Waals surface area (Å²) in [6.07, 6.45) is 2.23. The van der Waals surface area contributed by atoms with E-state index in [1.165, 1.54) is 7.11 Å². The number of hydrogen-bond acceptors (Lipinski definition) is 5. The van der Waals surface area contributed by atoms with Crippen LogP contribution in [0.15, 0.2) is 18.2 Å². The topological polar surface area (TPSA) is 90.7 Å². The Labute approximate surface area is 117 Å². The second kappa shape index (κ2) is 6.27. The van der Waals surface area contributed by atoms with Gasteiger partial charge < -0.3 is 20.5 Å². The zero-order valence-corrected chi connectivity index (χ0v) is 11.3. The molecule has 0 spiro atoms. The van der Waals surface area contributed by atoms with Crippen LogP contribution in [0.3, 0.4) is 0 Å². The van der Waals surface area contributed by atoms with Crippen LogP contribution in [-0.2, 0) is 9.53 Å². The number of nitrogens with one attached hydrogen (secondary N) is 1. The smallest absolute Gasteiger partial charge is 0.342 e. The van der Waals surface area contributed by atoms with Crippen molar-refractivity contribution in [3.8, 4) is 5.75 Å². The zero-order valence-electron chi connectivity index (χ0n) is 11.3. The first-order valence-electron chi connectivity index (χ1n) is 6.50. The van der Waals surface area contributed by atoms with Gasteiger partial charge in [-0.05, 0) is 25.0 Å². The van der Waals surface area contributed by atoms with Gasteiger partial charge in [0, 0.05) is 6.04 Å². The molecule has 3 N–H and O–H groups in total. The van der Waals surface area contributed by atoms with Gasteiger partial charge in [-0.15, -0.1) is 0 Å². The molecular formula is C14H18N2O4. The molecule has 1 aliphatic rings. The van der Waals surface area contributed by atoms with Crippen molar-refractivity contribution < 1.29 is 19.1 Å². The lowest BCUT2D eigenvalue weighted by Crippen LogP contribution is -2.26. The molecule has 0 bridgehead atoms. The highest BCUT2D eigenvalue weighted by molar-refractivity contribution is 5.94. The minimum atomic E-state index is -0.548. The third-order valence-corrected chi connectivity index (χ3v) is 2.97. The number of amides is 1. The highest BCUT2D eigenvalue weighted by atomic mass is 16.5. The van der Waals surface area contributed by atoms with Crippen LogP contribution in [0.5, 0.6) is 5.75 Å². The molecule has 6 nitrogen and oxygen atoms in total. The fraction of sp³-hybridized carbons (Fsp3) is 0.429. The third-order valence-electron chi connectivity index (χ3n) is 2.97. The van der Waals surface area contributed by atoms with Gasteiger partial charge in [0.1, 0.15) is 12.2 Å². The maximum absolute atomic E-state index is 11.9. The maximum atomic E-state index is 11.9. The van der Waals surface area contributed by atoms with E-state index in [1.54, 1.807) is 18.2 Å². The molecule has 1 aliphatic carbocycles. The Kier molecular flexibility index (Phi) is 4.45. The molecule has 0 aliphatic heterocycles. The Hall–Kier alpha value is -2.24. The second-order valence-corrected chi connectivity index (χ2v) is 4.66. The van der Waals surface area contributed by atoms with Crippen molar-refractivity contribution in [3.05, 3.63) is 23.8 Å². The van der Waals surface area contributed by atoms with E-state index in [9.17, 15) is 9.59 Å². The fourth-order valence-corrected chi connectivity index (χ4v) is 1.79. The van der Waals surface area contributed by atoms with Crippen molar-refractivity contribution in [2.75, 3.05) is 19.5 Å². The number of rotatable bonds is 6. The van der Waals surface area contributed by atoms with Crippen molar-refractivity contribution in [1.29, 1.82) is 0 Å². The van der Waals surface area contributed by atoms with E-state index in [1.807, 2.05) is 0 Å². The number of esters is 1. The van der Waals surface area contributed by atoms with Crippen molar-refractivity contribution in [1.82, 2.24) is 5.32 Å². The lowest BCUT2D eigenvalue weighted by Gasteiger charge is -2.10. The van der Waals surface area contributed by atoms with E-state index in [-0.39, 0.29) is 24.5 Å². The summed E-state index contributed by atoms with van der Waals surface area (Å²) in [6, 6.07) is 5.17. The van der Waals surface area contributed by atoms with Crippen LogP contribution in [-0.4, -0.2) is 31.6 Å². The lowest BCUT2D eigenvalue weighted by atomic mass is 10.2. The van der Waals surface area contributed by atoms with Crippen molar-refractivity contribution >= 4 is 17.6 Å². The Balaban J connectivity index is 1.85. The molecule has 0 saturated heterocycles. The van der Waals surface area contributed by atoms with Crippen LogP contribution in [0.2, 0.25) is 0 Å². The monoisotopic (exact) mass is 278 g/mol. The number of ether oxygens (including phenoxy) is 2. The van der Waals surface area contributed by atoms with Crippen LogP contribution in [0, 0.1) is 0 Å². The Morgan fingerprint density at radius 3 is 2.80 bits per heavy atom. The fourth-order valence-electron chi connectivity index (χ4n) is 1.79. The standard InChI is InChI=1S/C14H18N2O4/c1-19-13-10(3-2-4-11(13)15)14(18)20-8-7-12(17)16-9-5-6-9/h2-4,9H,5-8,15H2,1H3,(H,16,17). The van der Waals surface area contributed by atoms with Crippen molar-refractivity contribution in [3.63, 3.8) is 0 Å². The predicted octanol–water partition coefficient (Wildman–Crippen LogP) is 1.10. The third kappa shape index (κ3) is 3.63. The van der Waals surface area contributed by atoms with Gasteiger partial charge >= 0.3 is 5.97 Å². The quantitative estimate of drug-likeness (QED) is 0.600. The number of anilines is 1. The summed E-state index contributed by atoms with van der Waals surface area (Å²) in [5.41, 5.74) is 6.34. The minimum absolute atomic E-state index is 0.0370. The van der Waals surface area contributed by atoms with E-state index in [0.717, 1.165) is 12.8 Å². The maximum Gasteiger partial charge on any atom is 0.342 e. The summed E-state index contributed by atoms with van der Waals surface area (Å²) < 4.78 is 10.1. The highest BCUT2D eigenvalue weighted by Crippen LogP contribution is 2.26. The van der Waals surface area contributed by atoms with Crippen LogP contribution < -0.4 is 15.8 Å². The van der Waals surface area contributed by atoms with Crippen molar-refractivity contribution in [2.24, 2.45) is 0 Å². The Morgan fingerprint density at radius 1 is 1.40 bits per heavy atom. The molecule has 2 rings (SSSR count). The molecule has 0 unspecified atom stereocenters. The SMILES string of the molecule is COc1c(N)cccc1C(=O)OCCC(=O)NC1CC1. The number of nitrogen functional groups attached to an aromatic ring is 1. The molecule has 0 atom stereocenters. The van der Waals surface area contributed by atoms with Gasteiger partial charge in [-0.1, -0.05) is 6.07 Å². The Bertz CT molecular complexity index is 512. The van der Waals surface area contributed by atoms with E-state index < -0.39 is 5.97 Å². The van der Waals surface area contributed by atoms with E-state index in [2.05, 4.69) is 5.32 Å². The van der Waals surface area contributed by atoms with Gasteiger partial charge in [-0.2, -0.15) is 0 Å². The van der Waals surface area contributed by atoms with Crippen LogP contribution in [0.1, 0.15) is 29.6 Å². The average Bonchev–Trinajstić information content (AvgIpc) is 3.22. The predicted molar refractivity (Wildman–Crippen MR) is 73.5 cm³/mol. The van der Waals surface area contributed by atoms with Gasteiger partial charge in [-0.3, -0.25) is 4.79 Å². The van der Waals surface area contributed by atoms with E-state index in [0.29, 0.717) is 17.5 Å². The van der Waals surface area contributed by atoms with Gasteiger partial charge in [0.25, 0.3) is 0 Å². The summed E-state index contributed by atoms with van der Waals surface area (Å²) in [5, 5.41) is 2.82. The number of benzene rings is 1. The summed E-state index contributed by atoms with van der Waals surface area (Å²) in [7, 11) is 1.44. The molecule has 0 heterocycles. The number of nitrogens with two attached hydrogens (primary N) is 1.